The lowest BCUT2D eigenvalue weighted by Crippen LogP contribution is -2.42. The van der Waals surface area contributed by atoms with Crippen LogP contribution in [0.2, 0.25) is 0 Å². The van der Waals surface area contributed by atoms with Crippen molar-refractivity contribution in [1.82, 2.24) is 14.5 Å². The second kappa shape index (κ2) is 7.83. The second-order valence-corrected chi connectivity index (χ2v) is 7.03. The van der Waals surface area contributed by atoms with Crippen molar-refractivity contribution in [3.63, 3.8) is 0 Å². The number of hydrogen-bond donors (Lipinski definition) is 3. The highest BCUT2D eigenvalue weighted by Crippen LogP contribution is 2.28. The van der Waals surface area contributed by atoms with Crippen LogP contribution in [0.4, 0.5) is 5.82 Å². The van der Waals surface area contributed by atoms with Crippen LogP contribution in [-0.2, 0) is 4.74 Å². The molecule has 2 aliphatic rings. The normalized spacial score (nSPS) is 35.3. The van der Waals surface area contributed by atoms with Crippen LogP contribution in [0.25, 0.3) is 0 Å². The van der Waals surface area contributed by atoms with E-state index in [9.17, 15) is 15.0 Å². The summed E-state index contributed by atoms with van der Waals surface area (Å²) in [5.41, 5.74) is -0.644. The number of rotatable bonds is 4. The van der Waals surface area contributed by atoms with Crippen molar-refractivity contribution in [2.75, 3.05) is 6.61 Å². The summed E-state index contributed by atoms with van der Waals surface area (Å²) in [5, 5.41) is 29.0. The number of aromatic nitrogens is 2. The Morgan fingerprint density at radius 1 is 1.31 bits per heavy atom. The maximum atomic E-state index is 12.3. The van der Waals surface area contributed by atoms with Gasteiger partial charge in [-0.1, -0.05) is 0 Å². The van der Waals surface area contributed by atoms with Crippen LogP contribution in [0.5, 0.6) is 0 Å². The molecule has 1 aromatic heterocycles. The van der Waals surface area contributed by atoms with Crippen molar-refractivity contribution < 1.29 is 20.1 Å². The molecule has 2 aliphatic heterocycles. The maximum absolute atomic E-state index is 12.3. The molecule has 3 rings (SSSR count). The van der Waals surface area contributed by atoms with Gasteiger partial charge >= 0.3 is 5.69 Å². The highest BCUT2D eigenvalue weighted by molar-refractivity contribution is 5.60. The van der Waals surface area contributed by atoms with E-state index in [1.807, 2.05) is 0 Å². The lowest BCUT2D eigenvalue weighted by Gasteiger charge is -2.37. The Balaban J connectivity index is 1.76. The van der Waals surface area contributed by atoms with Crippen LogP contribution in [-0.4, -0.2) is 73.1 Å². The van der Waals surface area contributed by atoms with Gasteiger partial charge in [0.1, 0.15) is 18.3 Å². The van der Waals surface area contributed by atoms with E-state index in [4.69, 9.17) is 9.84 Å². The molecule has 0 bridgehead atoms. The average Bonchev–Trinajstić information content (AvgIpc) is 2.89. The summed E-state index contributed by atoms with van der Waals surface area (Å²) in [4.78, 5) is 22.7. The highest BCUT2D eigenvalue weighted by Gasteiger charge is 2.43. The quantitative estimate of drug-likeness (QED) is 0.497. The summed E-state index contributed by atoms with van der Waals surface area (Å²) in [5.74, 6) is 0.267. The van der Waals surface area contributed by atoms with Crippen LogP contribution in [0.3, 0.4) is 0 Å². The first-order chi connectivity index (χ1) is 12.4. The first-order valence-corrected chi connectivity index (χ1v) is 8.95. The zero-order valence-corrected chi connectivity index (χ0v) is 15.0. The summed E-state index contributed by atoms with van der Waals surface area (Å²) in [6, 6.07) is 2.33. The summed E-state index contributed by atoms with van der Waals surface area (Å²) in [6.45, 7) is 3.84. The largest absolute Gasteiger partial charge is 0.394 e. The molecule has 2 unspecified atom stereocenters. The minimum absolute atomic E-state index is 0.267. The lowest BCUT2D eigenvalue weighted by atomic mass is 9.98. The first kappa shape index (κ1) is 19.0. The Kier molecular flexibility index (Phi) is 5.71. The Bertz CT molecular complexity index is 699. The number of nitrogens with zero attached hydrogens (tertiary/aromatic N) is 4. The van der Waals surface area contributed by atoms with Gasteiger partial charge in [0.25, 0.3) is 0 Å². The molecular weight excluding hydrogens is 340 g/mol. The van der Waals surface area contributed by atoms with Gasteiger partial charge in [0.15, 0.2) is 12.0 Å². The van der Waals surface area contributed by atoms with Crippen LogP contribution >= 0.6 is 0 Å². The topological polar surface area (TPSA) is 120 Å². The van der Waals surface area contributed by atoms with E-state index in [2.05, 4.69) is 28.7 Å². The number of hydrogen-bond acceptors (Lipinski definition) is 7. The molecule has 2 fully saturated rings. The van der Waals surface area contributed by atoms with Crippen LogP contribution in [0, 0.1) is 0 Å². The molecule has 144 valence electrons. The molecule has 2 saturated heterocycles. The number of piperidine rings is 1. The van der Waals surface area contributed by atoms with E-state index in [-0.39, 0.29) is 5.82 Å². The van der Waals surface area contributed by atoms with Crippen LogP contribution in [0.1, 0.15) is 39.3 Å². The van der Waals surface area contributed by atoms with Gasteiger partial charge in [-0.15, -0.1) is 0 Å². The minimum Gasteiger partial charge on any atom is -0.394 e. The molecule has 1 aromatic rings. The fourth-order valence-electron chi connectivity index (χ4n) is 3.57. The molecule has 0 aromatic carbocycles. The van der Waals surface area contributed by atoms with E-state index in [0.717, 1.165) is 17.4 Å². The molecule has 26 heavy (non-hydrogen) atoms. The third kappa shape index (κ3) is 3.66. The van der Waals surface area contributed by atoms with E-state index in [1.165, 1.54) is 12.6 Å². The van der Waals surface area contributed by atoms with Crippen molar-refractivity contribution in [2.24, 2.45) is 4.99 Å². The Hall–Kier alpha value is -1.81. The van der Waals surface area contributed by atoms with Crippen molar-refractivity contribution in [1.29, 1.82) is 0 Å². The molecule has 3 heterocycles. The smallest absolute Gasteiger partial charge is 0.351 e. The third-order valence-electron chi connectivity index (χ3n) is 5.19. The Morgan fingerprint density at radius 2 is 2.00 bits per heavy atom. The molecule has 9 heteroatoms. The summed E-state index contributed by atoms with van der Waals surface area (Å²) >= 11 is 0. The van der Waals surface area contributed by atoms with Crippen molar-refractivity contribution in [3.05, 3.63) is 22.7 Å². The van der Waals surface area contributed by atoms with Gasteiger partial charge in [-0.3, -0.25) is 4.57 Å². The van der Waals surface area contributed by atoms with Crippen molar-refractivity contribution in [2.45, 2.75) is 69.7 Å². The molecular formula is C17H26N4O5. The zero-order chi connectivity index (χ0) is 18.8. The van der Waals surface area contributed by atoms with Gasteiger partial charge in [-0.25, -0.2) is 9.79 Å². The fraction of sp³-hybridized carbons (Fsp3) is 0.706. The molecule has 6 atom stereocenters. The maximum Gasteiger partial charge on any atom is 0.351 e. The van der Waals surface area contributed by atoms with Gasteiger partial charge in [0.05, 0.1) is 12.9 Å². The SMILES string of the molecule is CC1CCCC(C)N1C=Nc1ccn([C@@H]2O[C@H](CO)[C@@H](O)[C@@H]2O)c(=O)n1. The van der Waals surface area contributed by atoms with Gasteiger partial charge in [-0.2, -0.15) is 4.98 Å². The Morgan fingerprint density at radius 3 is 2.58 bits per heavy atom. The standard InChI is InChI=1S/C17H26N4O5/c1-10-4-3-5-11(2)21(10)9-18-13-6-7-20(17(25)19-13)16-15(24)14(23)12(8-22)26-16/h6-7,9-12,14-16,22-24H,3-5,8H2,1-2H3/t10?,11?,12-,14-,15+,16-/m1/s1. The predicted octanol–water partition coefficient (Wildman–Crippen LogP) is -0.222. The van der Waals surface area contributed by atoms with Gasteiger partial charge in [-0.05, 0) is 39.2 Å². The molecule has 0 saturated carbocycles. The molecule has 0 spiro atoms. The fourth-order valence-corrected chi connectivity index (χ4v) is 3.57. The van der Waals surface area contributed by atoms with Gasteiger partial charge in [0.2, 0.25) is 0 Å². The van der Waals surface area contributed by atoms with Crippen molar-refractivity contribution >= 4 is 12.2 Å². The van der Waals surface area contributed by atoms with Gasteiger partial charge in [0, 0.05) is 18.3 Å². The summed E-state index contributed by atoms with van der Waals surface area (Å²) in [6.07, 6.45) is 1.94. The Labute approximate surface area is 151 Å². The molecule has 0 radical (unpaired) electrons. The summed E-state index contributed by atoms with van der Waals surface area (Å²) < 4.78 is 6.44. The molecule has 9 nitrogen and oxygen atoms in total. The second-order valence-electron chi connectivity index (χ2n) is 7.03. The predicted molar refractivity (Wildman–Crippen MR) is 94.3 cm³/mol. The number of aliphatic hydroxyl groups is 3. The number of ether oxygens (including phenoxy) is 1. The first-order valence-electron chi connectivity index (χ1n) is 8.95. The van der Waals surface area contributed by atoms with Gasteiger partial charge < -0.3 is 25.0 Å². The van der Waals surface area contributed by atoms with E-state index in [1.54, 1.807) is 12.4 Å². The zero-order valence-electron chi connectivity index (χ0n) is 15.0. The number of likely N-dealkylation sites (tertiary alicyclic amines) is 1. The minimum atomic E-state index is -1.32. The third-order valence-corrected chi connectivity index (χ3v) is 5.19. The highest BCUT2D eigenvalue weighted by atomic mass is 16.6. The van der Waals surface area contributed by atoms with Crippen molar-refractivity contribution in [3.8, 4) is 0 Å². The van der Waals surface area contributed by atoms with Crippen LogP contribution in [0.15, 0.2) is 22.1 Å². The average molecular weight is 366 g/mol. The lowest BCUT2D eigenvalue weighted by molar-refractivity contribution is -0.0549. The van der Waals surface area contributed by atoms with E-state index >= 15 is 0 Å². The molecule has 0 amide bonds. The summed E-state index contributed by atoms with van der Waals surface area (Å²) in [7, 11) is 0. The van der Waals surface area contributed by atoms with E-state index in [0.29, 0.717) is 12.1 Å². The van der Waals surface area contributed by atoms with E-state index < -0.39 is 36.8 Å². The molecule has 3 N–H and O–H groups in total. The number of aliphatic imine (C=N–C) groups is 1. The molecule has 0 aliphatic carbocycles. The monoisotopic (exact) mass is 366 g/mol. The number of aliphatic hydroxyl groups excluding tert-OH is 3. The van der Waals surface area contributed by atoms with Crippen LogP contribution < -0.4 is 5.69 Å².